The number of nitrogens with two attached hydrogens (primary N) is 1. The zero-order valence-corrected chi connectivity index (χ0v) is 11.8. The topological polar surface area (TPSA) is 97.1 Å². The molecule has 0 saturated carbocycles. The number of anilines is 1. The number of halogens is 1. The van der Waals surface area contributed by atoms with Gasteiger partial charge in [0.25, 0.3) is 5.91 Å². The van der Waals surface area contributed by atoms with Crippen LogP contribution in [0.3, 0.4) is 0 Å². The highest BCUT2D eigenvalue weighted by Gasteiger charge is 2.28. The van der Waals surface area contributed by atoms with E-state index in [0.29, 0.717) is 12.4 Å². The molecule has 0 radical (unpaired) electrons. The normalized spacial score (nSPS) is 10.9. The molecule has 0 fully saturated rings. The maximum absolute atomic E-state index is 12.0. The zero-order chi connectivity index (χ0) is 14.6. The number of nitrogens with one attached hydrogen (secondary N) is 2. The lowest BCUT2D eigenvalue weighted by atomic mass is 10.1. The van der Waals surface area contributed by atoms with Crippen molar-refractivity contribution in [3.8, 4) is 0 Å². The lowest BCUT2D eigenvalue weighted by Crippen LogP contribution is -2.53. The maximum atomic E-state index is 12.0. The van der Waals surface area contributed by atoms with Crippen LogP contribution in [0.25, 0.3) is 0 Å². The minimum atomic E-state index is -1.17. The van der Waals surface area contributed by atoms with Crippen molar-refractivity contribution >= 4 is 29.2 Å². The zero-order valence-electron chi connectivity index (χ0n) is 11.1. The van der Waals surface area contributed by atoms with Crippen molar-refractivity contribution in [3.63, 3.8) is 0 Å². The number of carbonyl (C=O) groups excluding carboxylic acids is 2. The number of primary amides is 1. The molecule has 7 heteroatoms. The third-order valence-corrected chi connectivity index (χ3v) is 2.77. The van der Waals surface area contributed by atoms with E-state index in [1.807, 2.05) is 6.92 Å². The Labute approximate surface area is 116 Å². The summed E-state index contributed by atoms with van der Waals surface area (Å²) in [5.74, 6) is -0.651. The van der Waals surface area contributed by atoms with E-state index >= 15 is 0 Å². The van der Waals surface area contributed by atoms with Crippen LogP contribution < -0.4 is 16.4 Å². The molecule has 1 rings (SSSR count). The van der Waals surface area contributed by atoms with Crippen LogP contribution in [0.15, 0.2) is 12.1 Å². The van der Waals surface area contributed by atoms with Gasteiger partial charge >= 0.3 is 0 Å². The molecule has 0 spiro atoms. The van der Waals surface area contributed by atoms with Gasteiger partial charge in [-0.1, -0.05) is 11.6 Å². The first-order valence-electron chi connectivity index (χ1n) is 5.80. The fourth-order valence-electron chi connectivity index (χ4n) is 1.29. The Morgan fingerprint density at radius 1 is 1.42 bits per heavy atom. The highest BCUT2D eigenvalue weighted by atomic mass is 35.5. The summed E-state index contributed by atoms with van der Waals surface area (Å²) in [4.78, 5) is 27.3. The number of hydrogen-bond acceptors (Lipinski definition) is 4. The van der Waals surface area contributed by atoms with Crippen molar-refractivity contribution in [2.75, 3.05) is 11.9 Å². The summed E-state index contributed by atoms with van der Waals surface area (Å²) in [5, 5.41) is 5.68. The smallest absolute Gasteiger partial charge is 0.272 e. The van der Waals surface area contributed by atoms with Crippen LogP contribution in [0, 0.1) is 0 Å². The molecule has 0 aliphatic rings. The van der Waals surface area contributed by atoms with Crippen molar-refractivity contribution in [1.29, 1.82) is 0 Å². The molecule has 2 amide bonds. The summed E-state index contributed by atoms with van der Waals surface area (Å²) >= 11 is 5.93. The van der Waals surface area contributed by atoms with E-state index in [0.717, 1.165) is 0 Å². The van der Waals surface area contributed by atoms with Crippen molar-refractivity contribution in [2.45, 2.75) is 26.3 Å². The van der Waals surface area contributed by atoms with E-state index < -0.39 is 17.4 Å². The van der Waals surface area contributed by atoms with Crippen LogP contribution in [0.4, 0.5) is 5.82 Å². The number of hydrogen-bond donors (Lipinski definition) is 3. The Balaban J connectivity index is 2.99. The first-order valence-corrected chi connectivity index (χ1v) is 6.18. The maximum Gasteiger partial charge on any atom is 0.272 e. The van der Waals surface area contributed by atoms with Crippen molar-refractivity contribution < 1.29 is 9.59 Å². The summed E-state index contributed by atoms with van der Waals surface area (Å²) < 4.78 is 0. The molecule has 1 heterocycles. The largest absolute Gasteiger partial charge is 0.370 e. The van der Waals surface area contributed by atoms with E-state index in [-0.39, 0.29) is 10.7 Å². The molecule has 6 nitrogen and oxygen atoms in total. The van der Waals surface area contributed by atoms with Gasteiger partial charge in [-0.2, -0.15) is 0 Å². The lowest BCUT2D eigenvalue weighted by Gasteiger charge is -2.22. The monoisotopic (exact) mass is 284 g/mol. The van der Waals surface area contributed by atoms with Crippen LogP contribution in [0.1, 0.15) is 31.3 Å². The number of rotatable bonds is 5. The molecule has 0 unspecified atom stereocenters. The molecule has 1 aromatic heterocycles. The van der Waals surface area contributed by atoms with E-state index in [2.05, 4.69) is 15.6 Å². The van der Waals surface area contributed by atoms with Crippen LogP contribution in [-0.2, 0) is 4.79 Å². The van der Waals surface area contributed by atoms with Gasteiger partial charge in [0.05, 0.1) is 5.02 Å². The molecule has 0 aliphatic heterocycles. The Morgan fingerprint density at radius 3 is 2.58 bits per heavy atom. The molecule has 0 aliphatic carbocycles. The molecule has 0 atom stereocenters. The number of aromatic nitrogens is 1. The Hall–Kier alpha value is -1.82. The van der Waals surface area contributed by atoms with E-state index in [4.69, 9.17) is 17.3 Å². The van der Waals surface area contributed by atoms with E-state index in [1.54, 1.807) is 12.1 Å². The predicted octanol–water partition coefficient (Wildman–Crippen LogP) is 1.16. The molecule has 0 bridgehead atoms. The van der Waals surface area contributed by atoms with Gasteiger partial charge in [-0.15, -0.1) is 0 Å². The minimum absolute atomic E-state index is 0.0504. The van der Waals surface area contributed by atoms with Gasteiger partial charge in [-0.05, 0) is 32.9 Å². The van der Waals surface area contributed by atoms with Crippen LogP contribution >= 0.6 is 11.6 Å². The molecular formula is C12H17ClN4O2. The molecule has 4 N–H and O–H groups in total. The van der Waals surface area contributed by atoms with Crippen LogP contribution in [0.2, 0.25) is 5.02 Å². The fourth-order valence-corrected chi connectivity index (χ4v) is 1.48. The third kappa shape index (κ3) is 3.82. The summed E-state index contributed by atoms with van der Waals surface area (Å²) in [6, 6.07) is 3.24. The standard InChI is InChI=1S/C12H17ClN4O2/c1-4-15-8-6-5-7(13)9(16-8)10(18)17-12(2,3)11(14)19/h5-6H,4H2,1-3H3,(H2,14,19)(H,15,16)(H,17,18). The summed E-state index contributed by atoms with van der Waals surface area (Å²) in [7, 11) is 0. The van der Waals surface area contributed by atoms with Gasteiger partial charge in [0.1, 0.15) is 17.1 Å². The summed E-state index contributed by atoms with van der Waals surface area (Å²) in [5.41, 5.74) is 4.07. The van der Waals surface area contributed by atoms with Crippen LogP contribution in [-0.4, -0.2) is 28.9 Å². The number of amides is 2. The lowest BCUT2D eigenvalue weighted by molar-refractivity contribution is -0.122. The Kier molecular flexibility index (Phi) is 4.72. The second-order valence-corrected chi connectivity index (χ2v) is 4.91. The molecule has 0 saturated heterocycles. The second kappa shape index (κ2) is 5.88. The molecule has 0 aromatic carbocycles. The van der Waals surface area contributed by atoms with Gasteiger partial charge in [-0.3, -0.25) is 9.59 Å². The van der Waals surface area contributed by atoms with Gasteiger partial charge in [0, 0.05) is 6.54 Å². The molecule has 104 valence electrons. The minimum Gasteiger partial charge on any atom is -0.370 e. The highest BCUT2D eigenvalue weighted by molar-refractivity contribution is 6.33. The average Bonchev–Trinajstić information content (AvgIpc) is 2.31. The average molecular weight is 285 g/mol. The Morgan fingerprint density at radius 2 is 2.05 bits per heavy atom. The highest BCUT2D eigenvalue weighted by Crippen LogP contribution is 2.17. The quantitative estimate of drug-likeness (QED) is 0.756. The van der Waals surface area contributed by atoms with E-state index in [9.17, 15) is 9.59 Å². The van der Waals surface area contributed by atoms with Crippen molar-refractivity contribution in [2.24, 2.45) is 5.73 Å². The first kappa shape index (κ1) is 15.2. The van der Waals surface area contributed by atoms with Gasteiger partial charge < -0.3 is 16.4 Å². The van der Waals surface area contributed by atoms with Crippen molar-refractivity contribution in [3.05, 3.63) is 22.8 Å². The first-order chi connectivity index (χ1) is 8.77. The van der Waals surface area contributed by atoms with Crippen molar-refractivity contribution in [1.82, 2.24) is 10.3 Å². The molecular weight excluding hydrogens is 268 g/mol. The predicted molar refractivity (Wildman–Crippen MR) is 74.2 cm³/mol. The van der Waals surface area contributed by atoms with Gasteiger partial charge in [-0.25, -0.2) is 4.98 Å². The summed E-state index contributed by atoms with van der Waals surface area (Å²) in [6.45, 7) is 5.60. The third-order valence-electron chi connectivity index (χ3n) is 2.46. The Bertz CT molecular complexity index is 503. The van der Waals surface area contributed by atoms with E-state index in [1.165, 1.54) is 13.8 Å². The number of carbonyl (C=O) groups is 2. The summed E-state index contributed by atoms with van der Waals surface area (Å²) in [6.07, 6.45) is 0. The van der Waals surface area contributed by atoms with Crippen LogP contribution in [0.5, 0.6) is 0 Å². The SMILES string of the molecule is CCNc1ccc(Cl)c(C(=O)NC(C)(C)C(N)=O)n1. The second-order valence-electron chi connectivity index (χ2n) is 4.50. The van der Waals surface area contributed by atoms with Gasteiger partial charge in [0.15, 0.2) is 0 Å². The fraction of sp³-hybridized carbons (Fsp3) is 0.417. The number of nitrogens with zero attached hydrogens (tertiary/aromatic N) is 1. The number of pyridine rings is 1. The van der Waals surface area contributed by atoms with Gasteiger partial charge in [0.2, 0.25) is 5.91 Å². The molecule has 1 aromatic rings. The molecule has 19 heavy (non-hydrogen) atoms.